The van der Waals surface area contributed by atoms with Crippen molar-refractivity contribution in [3.05, 3.63) is 29.3 Å². The van der Waals surface area contributed by atoms with Gasteiger partial charge in [0, 0.05) is 26.2 Å². The minimum absolute atomic E-state index is 0.403. The summed E-state index contributed by atoms with van der Waals surface area (Å²) in [5.74, 6) is 1.49. The summed E-state index contributed by atoms with van der Waals surface area (Å²) in [5.41, 5.74) is 0.673. The van der Waals surface area contributed by atoms with E-state index < -0.39 is 11.1 Å². The maximum absolute atomic E-state index is 12.7. The third-order valence-corrected chi connectivity index (χ3v) is 5.09. The van der Waals surface area contributed by atoms with E-state index in [1.54, 1.807) is 16.9 Å². The zero-order valence-electron chi connectivity index (χ0n) is 13.2. The average molecular weight is 369 g/mol. The minimum Gasteiger partial charge on any atom is -0.352 e. The van der Waals surface area contributed by atoms with E-state index in [9.17, 15) is 13.2 Å². The standard InChI is InChI=1S/C14H14F3N7S/c1-9-20-11-7-18-8-12(24(11)21-9)22-2-4-23(5-3-22)13-19-6-10(25-13)14(15,16)17/h6-8H,2-5H2,1H3. The summed E-state index contributed by atoms with van der Waals surface area (Å²) in [4.78, 5) is 15.7. The first-order valence-corrected chi connectivity index (χ1v) is 8.44. The van der Waals surface area contributed by atoms with Crippen molar-refractivity contribution < 1.29 is 13.2 Å². The van der Waals surface area contributed by atoms with Gasteiger partial charge in [0.25, 0.3) is 0 Å². The van der Waals surface area contributed by atoms with Crippen LogP contribution in [0.1, 0.15) is 10.7 Å². The highest BCUT2D eigenvalue weighted by atomic mass is 32.1. The molecule has 0 radical (unpaired) electrons. The Hall–Kier alpha value is -2.43. The summed E-state index contributed by atoms with van der Waals surface area (Å²) in [6, 6.07) is 0. The lowest BCUT2D eigenvalue weighted by molar-refractivity contribution is -0.134. The van der Waals surface area contributed by atoms with Crippen molar-refractivity contribution in [3.63, 3.8) is 0 Å². The summed E-state index contributed by atoms with van der Waals surface area (Å²) in [6.45, 7) is 4.25. The Balaban J connectivity index is 1.50. The number of hydrogen-bond acceptors (Lipinski definition) is 7. The first kappa shape index (κ1) is 16.1. The molecule has 1 aliphatic rings. The molecule has 11 heteroatoms. The summed E-state index contributed by atoms with van der Waals surface area (Å²) < 4.78 is 39.9. The molecule has 0 bridgehead atoms. The number of rotatable bonds is 2. The molecule has 4 heterocycles. The molecule has 4 rings (SSSR count). The van der Waals surface area contributed by atoms with Crippen molar-refractivity contribution in [1.82, 2.24) is 24.6 Å². The molecule has 0 saturated carbocycles. The number of aryl methyl sites for hydroxylation is 1. The maximum Gasteiger partial charge on any atom is 0.427 e. The Morgan fingerprint density at radius 2 is 1.76 bits per heavy atom. The molecule has 25 heavy (non-hydrogen) atoms. The molecule has 0 amide bonds. The monoisotopic (exact) mass is 369 g/mol. The number of alkyl halides is 3. The number of piperazine rings is 1. The fourth-order valence-corrected chi connectivity index (χ4v) is 3.63. The molecular weight excluding hydrogens is 355 g/mol. The van der Waals surface area contributed by atoms with Crippen LogP contribution in [0.25, 0.3) is 5.65 Å². The minimum atomic E-state index is -4.34. The van der Waals surface area contributed by atoms with Crippen molar-refractivity contribution in [1.29, 1.82) is 0 Å². The van der Waals surface area contributed by atoms with Gasteiger partial charge in [0.2, 0.25) is 0 Å². The van der Waals surface area contributed by atoms with E-state index in [1.807, 2.05) is 11.8 Å². The van der Waals surface area contributed by atoms with Crippen molar-refractivity contribution in [2.24, 2.45) is 0 Å². The normalized spacial score (nSPS) is 16.0. The Bertz CT molecular complexity index is 895. The molecule has 3 aromatic heterocycles. The largest absolute Gasteiger partial charge is 0.427 e. The second-order valence-electron chi connectivity index (χ2n) is 5.67. The smallest absolute Gasteiger partial charge is 0.352 e. The van der Waals surface area contributed by atoms with E-state index in [4.69, 9.17) is 0 Å². The van der Waals surface area contributed by atoms with Gasteiger partial charge in [-0.1, -0.05) is 11.3 Å². The average Bonchev–Trinajstić information content (AvgIpc) is 3.20. The van der Waals surface area contributed by atoms with Gasteiger partial charge < -0.3 is 9.80 Å². The Morgan fingerprint density at radius 3 is 2.44 bits per heavy atom. The van der Waals surface area contributed by atoms with Crippen LogP contribution >= 0.6 is 11.3 Å². The number of anilines is 2. The van der Waals surface area contributed by atoms with Crippen LogP contribution < -0.4 is 9.80 Å². The number of hydrogen-bond donors (Lipinski definition) is 0. The van der Waals surface area contributed by atoms with Crippen molar-refractivity contribution in [2.45, 2.75) is 13.1 Å². The van der Waals surface area contributed by atoms with Crippen LogP contribution in [0.15, 0.2) is 18.6 Å². The quantitative estimate of drug-likeness (QED) is 0.690. The van der Waals surface area contributed by atoms with Gasteiger partial charge >= 0.3 is 6.18 Å². The molecule has 3 aromatic rings. The van der Waals surface area contributed by atoms with E-state index in [1.165, 1.54) is 0 Å². The predicted octanol–water partition coefficient (Wildman–Crippen LogP) is 2.23. The Kier molecular flexibility index (Phi) is 3.74. The molecule has 7 nitrogen and oxygen atoms in total. The summed E-state index contributed by atoms with van der Waals surface area (Å²) in [6.07, 6.45) is -0.0743. The fraction of sp³-hybridized carbons (Fsp3) is 0.429. The van der Waals surface area contributed by atoms with Crippen LogP contribution in [-0.4, -0.2) is 50.7 Å². The number of fused-ring (bicyclic) bond motifs is 1. The lowest BCUT2D eigenvalue weighted by atomic mass is 10.3. The number of aromatic nitrogens is 5. The van der Waals surface area contributed by atoms with Gasteiger partial charge in [0.1, 0.15) is 10.7 Å². The van der Waals surface area contributed by atoms with Crippen LogP contribution in [0.2, 0.25) is 0 Å². The van der Waals surface area contributed by atoms with Gasteiger partial charge in [-0.15, -0.1) is 5.10 Å². The molecule has 0 aromatic carbocycles. The molecule has 0 N–H and O–H groups in total. The van der Waals surface area contributed by atoms with Gasteiger partial charge in [-0.2, -0.15) is 17.7 Å². The molecule has 0 spiro atoms. The molecule has 0 unspecified atom stereocenters. The highest BCUT2D eigenvalue weighted by Gasteiger charge is 2.34. The van der Waals surface area contributed by atoms with Gasteiger partial charge in [0.05, 0.1) is 18.6 Å². The number of thiazole rings is 1. The van der Waals surface area contributed by atoms with Gasteiger partial charge in [0.15, 0.2) is 16.6 Å². The third kappa shape index (κ3) is 2.99. The van der Waals surface area contributed by atoms with Crippen LogP contribution in [0.3, 0.4) is 0 Å². The van der Waals surface area contributed by atoms with E-state index in [0.717, 1.165) is 12.0 Å². The van der Waals surface area contributed by atoms with Crippen LogP contribution in [0.4, 0.5) is 24.1 Å². The zero-order chi connectivity index (χ0) is 17.6. The molecular formula is C14H14F3N7S. The second kappa shape index (κ2) is 5.83. The van der Waals surface area contributed by atoms with Gasteiger partial charge in [-0.25, -0.2) is 9.97 Å². The highest BCUT2D eigenvalue weighted by Crippen LogP contribution is 2.36. The summed E-state index contributed by atoms with van der Waals surface area (Å²) in [5, 5.41) is 4.77. The van der Waals surface area contributed by atoms with Crippen LogP contribution in [0.5, 0.6) is 0 Å². The fourth-order valence-electron chi connectivity index (χ4n) is 2.79. The molecule has 0 atom stereocenters. The number of nitrogens with zero attached hydrogens (tertiary/aromatic N) is 7. The van der Waals surface area contributed by atoms with E-state index >= 15 is 0 Å². The zero-order valence-corrected chi connectivity index (χ0v) is 14.0. The van der Waals surface area contributed by atoms with Gasteiger partial charge in [-0.3, -0.25) is 4.98 Å². The van der Waals surface area contributed by atoms with Crippen molar-refractivity contribution in [3.8, 4) is 0 Å². The summed E-state index contributed by atoms with van der Waals surface area (Å²) >= 11 is 0.681. The van der Waals surface area contributed by atoms with Crippen molar-refractivity contribution >= 4 is 27.9 Å². The topological polar surface area (TPSA) is 62.5 Å². The highest BCUT2D eigenvalue weighted by molar-refractivity contribution is 7.15. The second-order valence-corrected chi connectivity index (χ2v) is 6.68. The molecule has 1 fully saturated rings. The lowest BCUT2D eigenvalue weighted by Crippen LogP contribution is -2.47. The van der Waals surface area contributed by atoms with E-state index in [0.29, 0.717) is 54.1 Å². The van der Waals surface area contributed by atoms with Crippen molar-refractivity contribution in [2.75, 3.05) is 36.0 Å². The van der Waals surface area contributed by atoms with E-state index in [2.05, 4.69) is 25.0 Å². The van der Waals surface area contributed by atoms with E-state index in [-0.39, 0.29) is 0 Å². The van der Waals surface area contributed by atoms with Gasteiger partial charge in [-0.05, 0) is 6.92 Å². The number of halogens is 3. The first-order chi connectivity index (χ1) is 11.9. The Labute approximate surface area is 144 Å². The van der Waals surface area contributed by atoms with Crippen LogP contribution in [0, 0.1) is 6.92 Å². The predicted molar refractivity (Wildman–Crippen MR) is 87.1 cm³/mol. The Morgan fingerprint density at radius 1 is 1.04 bits per heavy atom. The first-order valence-electron chi connectivity index (χ1n) is 7.62. The summed E-state index contributed by atoms with van der Waals surface area (Å²) in [7, 11) is 0. The molecule has 0 aliphatic carbocycles. The molecule has 1 aliphatic heterocycles. The lowest BCUT2D eigenvalue weighted by Gasteiger charge is -2.35. The third-order valence-electron chi connectivity index (χ3n) is 3.98. The van der Waals surface area contributed by atoms with Crippen LogP contribution in [-0.2, 0) is 6.18 Å². The maximum atomic E-state index is 12.7. The molecule has 1 saturated heterocycles. The SMILES string of the molecule is Cc1nc2cncc(N3CCN(c4ncc(C(F)(F)F)s4)CC3)n2n1. The molecule has 132 valence electrons.